The van der Waals surface area contributed by atoms with Crippen LogP contribution in [0.4, 0.5) is 9.18 Å². The smallest absolute Gasteiger partial charge is 0.317 e. The van der Waals surface area contributed by atoms with Crippen molar-refractivity contribution in [2.45, 2.75) is 33.4 Å². The van der Waals surface area contributed by atoms with Gasteiger partial charge < -0.3 is 19.9 Å². The minimum Gasteiger partial charge on any atom is -0.370 e. The molecule has 0 unspecified atom stereocenters. The molecule has 4 rings (SSSR count). The van der Waals surface area contributed by atoms with E-state index in [1.807, 2.05) is 0 Å². The van der Waals surface area contributed by atoms with Gasteiger partial charge in [0.1, 0.15) is 11.9 Å². The van der Waals surface area contributed by atoms with Crippen molar-refractivity contribution in [2.24, 2.45) is 0 Å². The molecule has 0 saturated carbocycles. The summed E-state index contributed by atoms with van der Waals surface area (Å²) in [7, 11) is 0. The van der Waals surface area contributed by atoms with Gasteiger partial charge in [-0.05, 0) is 55.7 Å². The molecule has 2 N–H and O–H groups in total. The van der Waals surface area contributed by atoms with E-state index in [2.05, 4.69) is 43.2 Å². The van der Waals surface area contributed by atoms with Gasteiger partial charge in [0.25, 0.3) is 0 Å². The number of hydrogen-bond donors (Lipinski definition) is 2. The molecule has 2 aromatic carbocycles. The first-order chi connectivity index (χ1) is 13.9. The number of aromatic amines is 1. The van der Waals surface area contributed by atoms with Gasteiger partial charge in [-0.1, -0.05) is 23.8 Å². The second kappa shape index (κ2) is 7.87. The lowest BCUT2D eigenvalue weighted by atomic mass is 10.0. The van der Waals surface area contributed by atoms with Crippen molar-refractivity contribution in [2.75, 3.05) is 19.7 Å². The molecule has 29 heavy (non-hydrogen) atoms. The molecule has 1 saturated heterocycles. The van der Waals surface area contributed by atoms with E-state index in [0.29, 0.717) is 26.2 Å². The molecule has 1 fully saturated rings. The molecule has 2 heterocycles. The van der Waals surface area contributed by atoms with E-state index in [4.69, 9.17) is 4.74 Å². The molecule has 1 aliphatic rings. The number of halogens is 1. The Balaban J connectivity index is 1.45. The number of amides is 2. The zero-order valence-corrected chi connectivity index (χ0v) is 17.0. The lowest BCUT2D eigenvalue weighted by Gasteiger charge is -2.33. The van der Waals surface area contributed by atoms with Crippen molar-refractivity contribution in [3.05, 3.63) is 70.2 Å². The molecular weight excluding hydrogens is 369 g/mol. The lowest BCUT2D eigenvalue weighted by molar-refractivity contribution is -0.0155. The molecule has 6 heteroatoms. The van der Waals surface area contributed by atoms with Gasteiger partial charge in [-0.2, -0.15) is 0 Å². The van der Waals surface area contributed by atoms with Crippen LogP contribution >= 0.6 is 0 Å². The number of carbonyl (C=O) groups is 1. The van der Waals surface area contributed by atoms with Gasteiger partial charge in [0.2, 0.25) is 0 Å². The Labute approximate surface area is 169 Å². The SMILES string of the molecule is Cc1cc(CNC(=O)N2CCO[C@@H](c3ccc(F)cc3)C2)c2[nH]c(C)c(C)c2c1. The van der Waals surface area contributed by atoms with Crippen LogP contribution in [-0.2, 0) is 11.3 Å². The Morgan fingerprint density at radius 2 is 2.00 bits per heavy atom. The van der Waals surface area contributed by atoms with E-state index in [1.165, 1.54) is 28.6 Å². The number of aryl methyl sites for hydroxylation is 3. The number of carbonyl (C=O) groups excluding carboxylic acids is 1. The van der Waals surface area contributed by atoms with Crippen LogP contribution in [0.25, 0.3) is 10.9 Å². The van der Waals surface area contributed by atoms with Crippen LogP contribution in [0, 0.1) is 26.6 Å². The number of fused-ring (bicyclic) bond motifs is 1. The van der Waals surface area contributed by atoms with Gasteiger partial charge in [0.15, 0.2) is 0 Å². The van der Waals surface area contributed by atoms with Crippen LogP contribution in [0.5, 0.6) is 0 Å². The van der Waals surface area contributed by atoms with Gasteiger partial charge in [0.05, 0.1) is 18.7 Å². The quantitative estimate of drug-likeness (QED) is 0.685. The Morgan fingerprint density at radius 3 is 2.76 bits per heavy atom. The zero-order valence-electron chi connectivity index (χ0n) is 17.0. The van der Waals surface area contributed by atoms with Crippen molar-refractivity contribution in [1.82, 2.24) is 15.2 Å². The molecule has 1 aromatic heterocycles. The maximum absolute atomic E-state index is 13.2. The molecule has 5 nitrogen and oxygen atoms in total. The van der Waals surface area contributed by atoms with E-state index in [0.717, 1.165) is 22.3 Å². The first-order valence-corrected chi connectivity index (χ1v) is 9.90. The Bertz CT molecular complexity index is 1040. The third-order valence-electron chi connectivity index (χ3n) is 5.67. The number of nitrogens with zero attached hydrogens (tertiary/aromatic N) is 1. The highest BCUT2D eigenvalue weighted by molar-refractivity contribution is 5.88. The topological polar surface area (TPSA) is 57.4 Å². The minimum absolute atomic E-state index is 0.116. The monoisotopic (exact) mass is 395 g/mol. The average Bonchev–Trinajstić information content (AvgIpc) is 3.01. The normalized spacial score (nSPS) is 17.0. The van der Waals surface area contributed by atoms with E-state index in [1.54, 1.807) is 17.0 Å². The predicted molar refractivity (Wildman–Crippen MR) is 111 cm³/mol. The van der Waals surface area contributed by atoms with Gasteiger partial charge >= 0.3 is 6.03 Å². The fourth-order valence-electron chi connectivity index (χ4n) is 3.92. The average molecular weight is 395 g/mol. The highest BCUT2D eigenvalue weighted by atomic mass is 19.1. The molecule has 0 radical (unpaired) electrons. The Morgan fingerprint density at radius 1 is 1.24 bits per heavy atom. The molecule has 3 aromatic rings. The highest BCUT2D eigenvalue weighted by Gasteiger charge is 2.25. The minimum atomic E-state index is -0.279. The van der Waals surface area contributed by atoms with Crippen molar-refractivity contribution in [3.63, 3.8) is 0 Å². The third kappa shape index (κ3) is 3.98. The first kappa shape index (κ1) is 19.5. The van der Waals surface area contributed by atoms with Crippen LogP contribution < -0.4 is 5.32 Å². The molecule has 1 aliphatic heterocycles. The van der Waals surface area contributed by atoms with Crippen LogP contribution in [0.2, 0.25) is 0 Å². The van der Waals surface area contributed by atoms with Crippen molar-refractivity contribution >= 4 is 16.9 Å². The summed E-state index contributed by atoms with van der Waals surface area (Å²) >= 11 is 0. The van der Waals surface area contributed by atoms with Crippen molar-refractivity contribution in [1.29, 1.82) is 0 Å². The number of nitrogens with one attached hydrogen (secondary N) is 2. The summed E-state index contributed by atoms with van der Waals surface area (Å²) in [6, 6.07) is 10.4. The summed E-state index contributed by atoms with van der Waals surface area (Å²) in [6.07, 6.45) is -0.241. The molecular formula is C23H26FN3O2. The van der Waals surface area contributed by atoms with Gasteiger partial charge in [0, 0.05) is 24.2 Å². The summed E-state index contributed by atoms with van der Waals surface area (Å²) in [5.41, 5.74) is 6.60. The van der Waals surface area contributed by atoms with Crippen LogP contribution in [0.15, 0.2) is 36.4 Å². The molecule has 0 bridgehead atoms. The van der Waals surface area contributed by atoms with Gasteiger partial charge in [-0.25, -0.2) is 9.18 Å². The second-order valence-corrected chi connectivity index (χ2v) is 7.74. The van der Waals surface area contributed by atoms with Crippen LogP contribution in [0.1, 0.15) is 34.1 Å². The summed E-state index contributed by atoms with van der Waals surface area (Å²) in [4.78, 5) is 18.0. The predicted octanol–water partition coefficient (Wildman–Crippen LogP) is 4.52. The standard InChI is InChI=1S/C23H26FN3O2/c1-14-10-18(22-20(11-14)15(2)16(3)26-22)12-25-23(28)27-8-9-29-21(13-27)17-4-6-19(24)7-5-17/h4-7,10-11,21,26H,8-9,12-13H2,1-3H3,(H,25,28)/t21-/m1/s1. The number of hydrogen-bond acceptors (Lipinski definition) is 2. The molecule has 1 atom stereocenters. The number of ether oxygens (including phenoxy) is 1. The number of benzene rings is 2. The molecule has 0 aliphatic carbocycles. The van der Waals surface area contributed by atoms with Crippen molar-refractivity contribution in [3.8, 4) is 0 Å². The van der Waals surface area contributed by atoms with Crippen LogP contribution in [-0.4, -0.2) is 35.6 Å². The maximum atomic E-state index is 13.2. The van der Waals surface area contributed by atoms with E-state index < -0.39 is 0 Å². The molecule has 0 spiro atoms. The number of H-pyrrole nitrogens is 1. The molecule has 152 valence electrons. The van der Waals surface area contributed by atoms with Gasteiger partial charge in [-0.3, -0.25) is 0 Å². The third-order valence-corrected chi connectivity index (χ3v) is 5.67. The number of aromatic nitrogens is 1. The highest BCUT2D eigenvalue weighted by Crippen LogP contribution is 2.26. The maximum Gasteiger partial charge on any atom is 0.317 e. The summed E-state index contributed by atoms with van der Waals surface area (Å²) in [5, 5.41) is 4.25. The number of morpholine rings is 1. The summed E-state index contributed by atoms with van der Waals surface area (Å²) < 4.78 is 19.0. The van der Waals surface area contributed by atoms with Gasteiger partial charge in [-0.15, -0.1) is 0 Å². The van der Waals surface area contributed by atoms with E-state index >= 15 is 0 Å². The molecule has 2 amide bonds. The summed E-state index contributed by atoms with van der Waals surface area (Å²) in [5.74, 6) is -0.279. The zero-order chi connectivity index (χ0) is 20.5. The number of rotatable bonds is 3. The number of urea groups is 1. The van der Waals surface area contributed by atoms with Crippen molar-refractivity contribution < 1.29 is 13.9 Å². The first-order valence-electron chi connectivity index (χ1n) is 9.90. The van der Waals surface area contributed by atoms with E-state index in [9.17, 15) is 9.18 Å². The largest absolute Gasteiger partial charge is 0.370 e. The van der Waals surface area contributed by atoms with E-state index in [-0.39, 0.29) is 18.0 Å². The lowest BCUT2D eigenvalue weighted by Crippen LogP contribution is -2.47. The summed E-state index contributed by atoms with van der Waals surface area (Å²) in [6.45, 7) is 8.14. The Hall–Kier alpha value is -2.86. The fourth-order valence-corrected chi connectivity index (χ4v) is 3.92. The second-order valence-electron chi connectivity index (χ2n) is 7.74. The fraction of sp³-hybridized carbons (Fsp3) is 0.348. The Kier molecular flexibility index (Phi) is 5.28. The van der Waals surface area contributed by atoms with Crippen LogP contribution in [0.3, 0.4) is 0 Å².